The third-order valence-corrected chi connectivity index (χ3v) is 4.27. The zero-order valence-corrected chi connectivity index (χ0v) is 18.6. The van der Waals surface area contributed by atoms with Crippen molar-refractivity contribution in [3.05, 3.63) is 105 Å². The van der Waals surface area contributed by atoms with Crippen LogP contribution in [0.25, 0.3) is 0 Å². The van der Waals surface area contributed by atoms with Gasteiger partial charge in [-0.1, -0.05) is 0 Å². The number of non-ortho nitro benzene ring substituents is 2. The van der Waals surface area contributed by atoms with E-state index in [1.54, 1.807) is 36.7 Å². The first-order chi connectivity index (χ1) is 16.3. The summed E-state index contributed by atoms with van der Waals surface area (Å²) >= 11 is 0. The molecule has 0 aliphatic heterocycles. The average Bonchev–Trinajstić information content (AvgIpc) is 3.52. The molecule has 4 aromatic rings. The summed E-state index contributed by atoms with van der Waals surface area (Å²) in [6, 6.07) is 14.6. The summed E-state index contributed by atoms with van der Waals surface area (Å²) in [5.41, 5.74) is 1.59. The zero-order chi connectivity index (χ0) is 24.5. The number of H-pyrrole nitrogens is 2. The van der Waals surface area contributed by atoms with Crippen molar-refractivity contribution >= 4 is 35.2 Å². The van der Waals surface area contributed by atoms with E-state index in [0.29, 0.717) is 0 Å². The molecule has 0 fully saturated rings. The number of phenolic OH excluding ortho intramolecular Hbond substituents is 2. The van der Waals surface area contributed by atoms with Crippen molar-refractivity contribution in [3.63, 3.8) is 0 Å². The number of aromatic hydroxyl groups is 2. The van der Waals surface area contributed by atoms with Gasteiger partial charge < -0.3 is 20.2 Å². The number of nitro benzene ring substituents is 2. The molecule has 0 amide bonds. The van der Waals surface area contributed by atoms with Crippen molar-refractivity contribution in [1.82, 2.24) is 9.97 Å². The monoisotopic (exact) mass is 525 g/mol. The molecule has 2 aromatic carbocycles. The number of aliphatic imine (C=N–C) groups is 2. The normalized spacial score (nSPS) is 10.5. The fraction of sp³-hybridized carbons (Fsp3) is 0. The zero-order valence-electron chi connectivity index (χ0n) is 17.7. The van der Waals surface area contributed by atoms with Crippen molar-refractivity contribution in [2.75, 3.05) is 0 Å². The van der Waals surface area contributed by atoms with Gasteiger partial charge in [0.2, 0.25) is 0 Å². The minimum absolute atomic E-state index is 0. The van der Waals surface area contributed by atoms with Gasteiger partial charge in [0.1, 0.15) is 22.9 Å². The second kappa shape index (κ2) is 12.5. The first-order valence-electron chi connectivity index (χ1n) is 9.63. The molecule has 0 spiro atoms. The predicted molar refractivity (Wildman–Crippen MR) is 126 cm³/mol. The van der Waals surface area contributed by atoms with E-state index in [0.717, 1.165) is 11.4 Å². The van der Waals surface area contributed by atoms with Gasteiger partial charge in [0.15, 0.2) is 0 Å². The Labute approximate surface area is 208 Å². The van der Waals surface area contributed by atoms with Crippen LogP contribution in [0.3, 0.4) is 0 Å². The van der Waals surface area contributed by atoms with Crippen molar-refractivity contribution < 1.29 is 37.1 Å². The molecule has 183 valence electrons. The quantitative estimate of drug-likeness (QED) is 0.122. The molecule has 0 saturated heterocycles. The first-order valence-corrected chi connectivity index (χ1v) is 9.63. The topological polar surface area (TPSA) is 183 Å². The number of nitrogens with one attached hydrogen (secondary N) is 2. The fourth-order valence-corrected chi connectivity index (χ4v) is 2.58. The van der Waals surface area contributed by atoms with Crippen molar-refractivity contribution in [2.45, 2.75) is 0 Å². The van der Waals surface area contributed by atoms with Crippen LogP contribution >= 0.6 is 0 Å². The third kappa shape index (κ3) is 7.66. The van der Waals surface area contributed by atoms with Crippen LogP contribution in [0.1, 0.15) is 11.4 Å². The minimum atomic E-state index is -0.535. The number of hydrogen-bond donors (Lipinski definition) is 4. The number of aromatic amines is 2. The molecular weight excluding hydrogens is 508 g/mol. The second-order valence-electron chi connectivity index (χ2n) is 6.63. The Bertz CT molecular complexity index is 1230. The SMILES string of the molecule is O=[N+]([O-])c1ccc(O)c(N=Cc2ccc[nH]2)c1.O=[N+]([O-])c1ccc(O)c(N=Cc2ccc[nH]2)c1.[Cu]. The van der Waals surface area contributed by atoms with Crippen molar-refractivity contribution in [2.24, 2.45) is 9.98 Å². The molecule has 0 unspecified atom stereocenters. The largest absolute Gasteiger partial charge is 0.506 e. The van der Waals surface area contributed by atoms with E-state index in [2.05, 4.69) is 20.0 Å². The molecule has 13 heteroatoms. The van der Waals surface area contributed by atoms with Crippen LogP contribution in [-0.2, 0) is 17.1 Å². The maximum Gasteiger partial charge on any atom is 0.271 e. The van der Waals surface area contributed by atoms with Gasteiger partial charge in [-0.25, -0.2) is 0 Å². The molecule has 12 nitrogen and oxygen atoms in total. The van der Waals surface area contributed by atoms with Crippen molar-refractivity contribution in [1.29, 1.82) is 0 Å². The van der Waals surface area contributed by atoms with E-state index in [1.807, 2.05) is 0 Å². The van der Waals surface area contributed by atoms with Crippen LogP contribution in [0.15, 0.2) is 83.0 Å². The Kier molecular flexibility index (Phi) is 9.46. The fourth-order valence-electron chi connectivity index (χ4n) is 2.58. The summed E-state index contributed by atoms with van der Waals surface area (Å²) in [6.45, 7) is 0. The van der Waals surface area contributed by atoms with E-state index in [1.165, 1.54) is 48.8 Å². The molecule has 0 aliphatic rings. The second-order valence-corrected chi connectivity index (χ2v) is 6.63. The molecular formula is C22H18CuN6O6. The Balaban J connectivity index is 0.000000240. The molecule has 0 bridgehead atoms. The minimum Gasteiger partial charge on any atom is -0.506 e. The molecule has 2 aromatic heterocycles. The van der Waals surface area contributed by atoms with E-state index in [9.17, 15) is 30.4 Å². The number of nitrogens with zero attached hydrogens (tertiary/aromatic N) is 4. The maximum absolute atomic E-state index is 10.6. The van der Waals surface area contributed by atoms with Crippen molar-refractivity contribution in [3.8, 4) is 11.5 Å². The van der Waals surface area contributed by atoms with E-state index in [4.69, 9.17) is 0 Å². The van der Waals surface area contributed by atoms with Gasteiger partial charge in [-0.05, 0) is 36.4 Å². The average molecular weight is 526 g/mol. The first kappa shape index (κ1) is 26.5. The number of aromatic nitrogens is 2. The smallest absolute Gasteiger partial charge is 0.271 e. The van der Waals surface area contributed by atoms with Gasteiger partial charge in [-0.2, -0.15) is 0 Å². The van der Waals surface area contributed by atoms with Gasteiger partial charge in [-0.15, -0.1) is 0 Å². The molecule has 0 saturated carbocycles. The molecule has 1 radical (unpaired) electrons. The number of hydrogen-bond acceptors (Lipinski definition) is 8. The Morgan fingerprint density at radius 1 is 0.714 bits per heavy atom. The summed E-state index contributed by atoms with van der Waals surface area (Å²) in [4.78, 5) is 33.8. The van der Waals surface area contributed by atoms with Gasteiger partial charge >= 0.3 is 0 Å². The molecule has 0 atom stereocenters. The Hall–Kier alpha value is -4.74. The van der Waals surface area contributed by atoms with Crippen LogP contribution < -0.4 is 0 Å². The maximum atomic E-state index is 10.6. The predicted octanol–water partition coefficient (Wildman–Crippen LogP) is 4.76. The molecule has 4 rings (SSSR count). The van der Waals surface area contributed by atoms with Crippen LogP contribution in [0.5, 0.6) is 11.5 Å². The van der Waals surface area contributed by atoms with E-state index < -0.39 is 9.85 Å². The molecule has 35 heavy (non-hydrogen) atoms. The standard InChI is InChI=1S/2C11H9N3O3.Cu/c2*15-11-4-3-9(14(16)17)6-10(11)13-7-8-2-1-5-12-8;/h2*1-7,12,15H;. The van der Waals surface area contributed by atoms with Crippen LogP contribution in [0.2, 0.25) is 0 Å². The number of benzene rings is 2. The van der Waals surface area contributed by atoms with Crippen LogP contribution in [0.4, 0.5) is 22.7 Å². The van der Waals surface area contributed by atoms with Gasteiger partial charge in [0, 0.05) is 53.7 Å². The summed E-state index contributed by atoms with van der Waals surface area (Å²) in [5.74, 6) is -0.197. The third-order valence-electron chi connectivity index (χ3n) is 4.27. The number of nitro groups is 2. The summed E-state index contributed by atoms with van der Waals surface area (Å²) in [5, 5.41) is 40.1. The number of phenols is 2. The molecule has 2 heterocycles. The Morgan fingerprint density at radius 3 is 1.43 bits per heavy atom. The van der Waals surface area contributed by atoms with Gasteiger partial charge in [0.25, 0.3) is 11.4 Å². The van der Waals surface area contributed by atoms with Crippen LogP contribution in [0, 0.1) is 20.2 Å². The van der Waals surface area contributed by atoms with Gasteiger partial charge in [-0.3, -0.25) is 30.2 Å². The van der Waals surface area contributed by atoms with Crippen LogP contribution in [-0.4, -0.2) is 42.5 Å². The van der Waals surface area contributed by atoms with E-state index >= 15 is 0 Å². The number of rotatable bonds is 6. The van der Waals surface area contributed by atoms with Gasteiger partial charge in [0.05, 0.1) is 33.7 Å². The summed E-state index contributed by atoms with van der Waals surface area (Å²) in [7, 11) is 0. The molecule has 0 aliphatic carbocycles. The summed E-state index contributed by atoms with van der Waals surface area (Å²) in [6.07, 6.45) is 6.43. The molecule has 4 N–H and O–H groups in total. The Morgan fingerprint density at radius 2 is 1.11 bits per heavy atom. The summed E-state index contributed by atoms with van der Waals surface area (Å²) < 4.78 is 0. The van der Waals surface area contributed by atoms with E-state index in [-0.39, 0.29) is 51.3 Å².